The number of unbranched alkanes of at least 4 members (excludes halogenated alkanes) is 1. The van der Waals surface area contributed by atoms with Gasteiger partial charge in [0, 0.05) is 18.9 Å². The molecule has 1 unspecified atom stereocenters. The van der Waals surface area contributed by atoms with Gasteiger partial charge >= 0.3 is 11.9 Å². The van der Waals surface area contributed by atoms with E-state index < -0.39 is 47.6 Å². The Bertz CT molecular complexity index is 1350. The third-order valence-corrected chi connectivity index (χ3v) is 14.8. The van der Waals surface area contributed by atoms with Crippen LogP contribution in [0.2, 0.25) is 18.1 Å². The molecule has 0 aliphatic carbocycles. The van der Waals surface area contributed by atoms with Gasteiger partial charge in [-0.3, -0.25) is 4.79 Å². The van der Waals surface area contributed by atoms with E-state index in [1.807, 2.05) is 6.08 Å². The van der Waals surface area contributed by atoms with Crippen molar-refractivity contribution in [3.8, 4) is 5.75 Å². The average molecular weight is 631 g/mol. The number of methoxy groups -OCH3 is 1. The predicted molar refractivity (Wildman–Crippen MR) is 169 cm³/mol. The summed E-state index contributed by atoms with van der Waals surface area (Å²) in [7, 11) is -4.21. The number of hydrogen-bond acceptors (Lipinski definition) is 8. The molecule has 236 valence electrons. The van der Waals surface area contributed by atoms with Crippen molar-refractivity contribution in [2.45, 2.75) is 106 Å². The van der Waals surface area contributed by atoms with Crippen molar-refractivity contribution in [2.24, 2.45) is 0 Å². The molecule has 3 rings (SSSR count). The standard InChI is InChI=1S/C33H46O8SSi/c1-24(41-43(6,7)33(2,3)4)14-10-8-11-15-27(39-31(34)25-18-20-26(38-5)21-19-25)22-28-23-30(32(35)40-28)42(36,37)29-16-12-9-13-17-29/h9,11-13,15-21,24,27-28,30H,8,10,14,22-23H2,1-7H3/b15-11-/t24-,27-,28-,30?/m0/s1. The molecule has 0 aromatic heterocycles. The van der Waals surface area contributed by atoms with E-state index in [0.29, 0.717) is 11.3 Å². The van der Waals surface area contributed by atoms with Gasteiger partial charge < -0.3 is 18.6 Å². The van der Waals surface area contributed by atoms with Crippen LogP contribution >= 0.6 is 0 Å². The second-order valence-electron chi connectivity index (χ2n) is 12.6. The molecule has 1 aliphatic rings. The average Bonchev–Trinajstić information content (AvgIpc) is 3.32. The van der Waals surface area contributed by atoms with E-state index in [9.17, 15) is 18.0 Å². The maximum absolute atomic E-state index is 13.1. The van der Waals surface area contributed by atoms with Crippen LogP contribution in [-0.2, 0) is 28.5 Å². The highest BCUT2D eigenvalue weighted by molar-refractivity contribution is 7.92. The van der Waals surface area contributed by atoms with E-state index in [2.05, 4.69) is 40.8 Å². The van der Waals surface area contributed by atoms with Crippen LogP contribution in [0.25, 0.3) is 0 Å². The first-order valence-electron chi connectivity index (χ1n) is 14.8. The molecule has 4 atom stereocenters. The molecule has 1 aliphatic heterocycles. The van der Waals surface area contributed by atoms with Gasteiger partial charge in [-0.05, 0) is 86.8 Å². The number of cyclic esters (lactones) is 1. The van der Waals surface area contributed by atoms with Crippen LogP contribution in [0.15, 0.2) is 71.6 Å². The summed E-state index contributed by atoms with van der Waals surface area (Å²) >= 11 is 0. The first kappa shape index (κ1) is 34.5. The smallest absolute Gasteiger partial charge is 0.338 e. The molecule has 2 aromatic rings. The van der Waals surface area contributed by atoms with Crippen LogP contribution in [0.1, 0.15) is 70.2 Å². The fourth-order valence-corrected chi connectivity index (χ4v) is 7.78. The second kappa shape index (κ2) is 14.7. The molecule has 1 heterocycles. The predicted octanol–water partition coefficient (Wildman–Crippen LogP) is 6.91. The molecule has 2 aromatic carbocycles. The lowest BCUT2D eigenvalue weighted by atomic mass is 10.1. The Hall–Kier alpha value is -2.95. The highest BCUT2D eigenvalue weighted by atomic mass is 32.2. The number of ether oxygens (including phenoxy) is 3. The van der Waals surface area contributed by atoms with Crippen LogP contribution in [-0.4, -0.2) is 59.3 Å². The fraction of sp³-hybridized carbons (Fsp3) is 0.515. The van der Waals surface area contributed by atoms with Crippen LogP contribution in [0.3, 0.4) is 0 Å². The van der Waals surface area contributed by atoms with E-state index >= 15 is 0 Å². The van der Waals surface area contributed by atoms with Gasteiger partial charge in [-0.1, -0.05) is 45.0 Å². The zero-order valence-corrected chi connectivity index (χ0v) is 28.2. The number of esters is 2. The van der Waals surface area contributed by atoms with Gasteiger partial charge in [0.25, 0.3) is 0 Å². The number of carbonyl (C=O) groups excluding carboxylic acids is 2. The van der Waals surface area contributed by atoms with Crippen LogP contribution < -0.4 is 4.74 Å². The summed E-state index contributed by atoms with van der Waals surface area (Å²) in [6.45, 7) is 13.3. The summed E-state index contributed by atoms with van der Waals surface area (Å²) in [5, 5.41) is -1.16. The monoisotopic (exact) mass is 630 g/mol. The molecule has 10 heteroatoms. The van der Waals surface area contributed by atoms with Crippen molar-refractivity contribution < 1.29 is 36.6 Å². The zero-order valence-electron chi connectivity index (χ0n) is 26.4. The van der Waals surface area contributed by atoms with Gasteiger partial charge in [0.15, 0.2) is 23.4 Å². The largest absolute Gasteiger partial charge is 0.497 e. The Balaban J connectivity index is 1.66. The van der Waals surface area contributed by atoms with Gasteiger partial charge in [-0.2, -0.15) is 0 Å². The Morgan fingerprint density at radius 2 is 1.74 bits per heavy atom. The summed E-state index contributed by atoms with van der Waals surface area (Å²) in [6, 6.07) is 14.5. The van der Waals surface area contributed by atoms with E-state index in [-0.39, 0.29) is 28.9 Å². The third-order valence-electron chi connectivity index (χ3n) is 8.18. The van der Waals surface area contributed by atoms with Gasteiger partial charge in [0.05, 0.1) is 17.6 Å². The van der Waals surface area contributed by atoms with Gasteiger partial charge in [-0.15, -0.1) is 0 Å². The van der Waals surface area contributed by atoms with Crippen molar-refractivity contribution in [1.29, 1.82) is 0 Å². The number of sulfone groups is 1. The lowest BCUT2D eigenvalue weighted by Gasteiger charge is -2.38. The van der Waals surface area contributed by atoms with Crippen molar-refractivity contribution in [3.63, 3.8) is 0 Å². The third kappa shape index (κ3) is 9.52. The van der Waals surface area contributed by atoms with Crippen molar-refractivity contribution in [2.75, 3.05) is 7.11 Å². The van der Waals surface area contributed by atoms with Gasteiger partial charge in [0.2, 0.25) is 0 Å². The van der Waals surface area contributed by atoms with E-state index in [1.54, 1.807) is 55.7 Å². The first-order valence-corrected chi connectivity index (χ1v) is 19.3. The fourth-order valence-electron chi connectivity index (χ4n) is 4.66. The number of carbonyl (C=O) groups is 2. The summed E-state index contributed by atoms with van der Waals surface area (Å²) in [5.41, 5.74) is 0.351. The first-order chi connectivity index (χ1) is 20.1. The molecule has 0 radical (unpaired) electrons. The zero-order chi connectivity index (χ0) is 31.8. The summed E-state index contributed by atoms with van der Waals surface area (Å²) in [4.78, 5) is 25.7. The maximum atomic E-state index is 13.1. The topological polar surface area (TPSA) is 105 Å². The lowest BCUT2D eigenvalue weighted by Crippen LogP contribution is -2.43. The van der Waals surface area contributed by atoms with E-state index in [1.165, 1.54) is 12.1 Å². The molecule has 8 nitrogen and oxygen atoms in total. The van der Waals surface area contributed by atoms with Gasteiger partial charge in [-0.25, -0.2) is 13.2 Å². The van der Waals surface area contributed by atoms with E-state index in [0.717, 1.165) is 19.3 Å². The Kier molecular flexibility index (Phi) is 11.8. The maximum Gasteiger partial charge on any atom is 0.338 e. The number of rotatable bonds is 14. The molecular weight excluding hydrogens is 585 g/mol. The Labute approximate surface area is 257 Å². The molecule has 0 saturated carbocycles. The van der Waals surface area contributed by atoms with Crippen LogP contribution in [0.5, 0.6) is 5.75 Å². The minimum Gasteiger partial charge on any atom is -0.497 e. The minimum atomic E-state index is -3.91. The molecule has 1 saturated heterocycles. The van der Waals surface area contributed by atoms with Crippen LogP contribution in [0, 0.1) is 0 Å². The number of benzene rings is 2. The van der Waals surface area contributed by atoms with Crippen LogP contribution in [0.4, 0.5) is 0 Å². The van der Waals surface area contributed by atoms with Crippen molar-refractivity contribution in [1.82, 2.24) is 0 Å². The molecule has 0 spiro atoms. The molecule has 1 fully saturated rings. The lowest BCUT2D eigenvalue weighted by molar-refractivity contribution is -0.141. The molecular formula is C33H46O8SSi. The quantitative estimate of drug-likeness (QED) is 0.0960. The minimum absolute atomic E-state index is 0.0111. The SMILES string of the molecule is COc1ccc(C(=O)O[C@@H](/C=C\CCC[C@H](C)O[Si](C)(C)C(C)(C)C)C[C@H]2CC(S(=O)(=O)c3ccccc3)C(=O)O2)cc1. The number of hydrogen-bond donors (Lipinski definition) is 0. The molecule has 0 bridgehead atoms. The number of allylic oxidation sites excluding steroid dienone is 1. The summed E-state index contributed by atoms with van der Waals surface area (Å²) in [6.07, 6.45) is 5.13. The Morgan fingerprint density at radius 3 is 2.35 bits per heavy atom. The Morgan fingerprint density at radius 1 is 1.09 bits per heavy atom. The highest BCUT2D eigenvalue weighted by Gasteiger charge is 2.45. The second-order valence-corrected chi connectivity index (χ2v) is 19.5. The summed E-state index contributed by atoms with van der Waals surface area (Å²) in [5.74, 6) is -0.705. The van der Waals surface area contributed by atoms with E-state index in [4.69, 9.17) is 18.6 Å². The van der Waals surface area contributed by atoms with Crippen molar-refractivity contribution >= 4 is 30.1 Å². The normalized spacial score (nSPS) is 19.2. The highest BCUT2D eigenvalue weighted by Crippen LogP contribution is 2.37. The molecule has 0 N–H and O–H groups in total. The van der Waals surface area contributed by atoms with Gasteiger partial charge in [0.1, 0.15) is 18.0 Å². The molecule has 0 amide bonds. The summed E-state index contributed by atoms with van der Waals surface area (Å²) < 4.78 is 49.2. The van der Waals surface area contributed by atoms with Crippen molar-refractivity contribution in [3.05, 3.63) is 72.3 Å². The molecule has 43 heavy (non-hydrogen) atoms.